The molecule has 0 aromatic heterocycles. The van der Waals surface area contributed by atoms with E-state index in [-0.39, 0.29) is 11.0 Å². The summed E-state index contributed by atoms with van der Waals surface area (Å²) in [5.41, 5.74) is 1.28. The SMILES string of the molecule is CC1CCC2(CC1)CC(Cl)Cc1ccccc1O2. The van der Waals surface area contributed by atoms with Crippen molar-refractivity contribution in [3.8, 4) is 5.75 Å². The van der Waals surface area contributed by atoms with E-state index in [2.05, 4.69) is 31.2 Å². The van der Waals surface area contributed by atoms with Gasteiger partial charge in [-0.05, 0) is 49.7 Å². The Balaban J connectivity index is 1.89. The van der Waals surface area contributed by atoms with Crippen LogP contribution >= 0.6 is 11.6 Å². The number of fused-ring (bicyclic) bond motifs is 1. The molecule has 0 amide bonds. The Hall–Kier alpha value is -0.690. The molecule has 1 heterocycles. The summed E-state index contributed by atoms with van der Waals surface area (Å²) in [5.74, 6) is 1.90. The van der Waals surface area contributed by atoms with E-state index in [1.807, 2.05) is 0 Å². The first-order valence-corrected chi connectivity index (χ1v) is 7.51. The largest absolute Gasteiger partial charge is 0.487 e. The van der Waals surface area contributed by atoms with Gasteiger partial charge in [0.05, 0.1) is 0 Å². The second-order valence-electron chi connectivity index (χ2n) is 6.08. The van der Waals surface area contributed by atoms with Crippen molar-refractivity contribution >= 4 is 11.6 Å². The lowest BCUT2D eigenvalue weighted by atomic mass is 9.77. The van der Waals surface area contributed by atoms with E-state index >= 15 is 0 Å². The highest BCUT2D eigenvalue weighted by Crippen LogP contribution is 2.43. The fraction of sp³-hybridized carbons (Fsp3) is 0.625. The van der Waals surface area contributed by atoms with Crippen molar-refractivity contribution in [3.05, 3.63) is 29.8 Å². The minimum atomic E-state index is 0.00549. The molecule has 1 aromatic rings. The number of hydrogen-bond acceptors (Lipinski definition) is 1. The Kier molecular flexibility index (Phi) is 3.27. The maximum absolute atomic E-state index is 6.53. The number of ether oxygens (including phenoxy) is 1. The van der Waals surface area contributed by atoms with Crippen LogP contribution in [-0.4, -0.2) is 11.0 Å². The molecule has 1 saturated carbocycles. The van der Waals surface area contributed by atoms with Crippen LogP contribution < -0.4 is 4.74 Å². The smallest absolute Gasteiger partial charge is 0.123 e. The summed E-state index contributed by atoms with van der Waals surface area (Å²) in [4.78, 5) is 0. The van der Waals surface area contributed by atoms with Crippen LogP contribution in [0.1, 0.15) is 44.6 Å². The second kappa shape index (κ2) is 4.77. The van der Waals surface area contributed by atoms with Crippen LogP contribution in [-0.2, 0) is 6.42 Å². The van der Waals surface area contributed by atoms with Crippen molar-refractivity contribution in [2.45, 2.75) is 56.4 Å². The molecule has 3 rings (SSSR count). The average Bonchev–Trinajstić information content (AvgIpc) is 2.49. The molecule has 1 fully saturated rings. The van der Waals surface area contributed by atoms with Crippen molar-refractivity contribution in [1.29, 1.82) is 0 Å². The van der Waals surface area contributed by atoms with Gasteiger partial charge in [0.25, 0.3) is 0 Å². The number of alkyl halides is 1. The Labute approximate surface area is 114 Å². The average molecular weight is 265 g/mol. The molecule has 0 bridgehead atoms. The second-order valence-corrected chi connectivity index (χ2v) is 6.70. The van der Waals surface area contributed by atoms with Crippen LogP contribution in [0.2, 0.25) is 0 Å². The van der Waals surface area contributed by atoms with Gasteiger partial charge in [-0.15, -0.1) is 11.6 Å². The van der Waals surface area contributed by atoms with Crippen LogP contribution in [0.4, 0.5) is 0 Å². The lowest BCUT2D eigenvalue weighted by molar-refractivity contribution is 0.0136. The van der Waals surface area contributed by atoms with E-state index in [1.165, 1.54) is 18.4 Å². The summed E-state index contributed by atoms with van der Waals surface area (Å²) in [6.45, 7) is 2.34. The molecule has 1 aliphatic heterocycles. The number of halogens is 1. The molecule has 1 unspecified atom stereocenters. The quantitative estimate of drug-likeness (QED) is 0.624. The third-order valence-corrected chi connectivity index (χ3v) is 4.83. The van der Waals surface area contributed by atoms with E-state index in [9.17, 15) is 0 Å². The van der Waals surface area contributed by atoms with Crippen molar-refractivity contribution < 1.29 is 4.74 Å². The molecule has 1 aromatic carbocycles. The Morgan fingerprint density at radius 3 is 2.72 bits per heavy atom. The first kappa shape index (κ1) is 12.3. The number of benzene rings is 1. The van der Waals surface area contributed by atoms with Crippen molar-refractivity contribution in [2.24, 2.45) is 5.92 Å². The topological polar surface area (TPSA) is 9.23 Å². The van der Waals surface area contributed by atoms with E-state index < -0.39 is 0 Å². The van der Waals surface area contributed by atoms with Crippen molar-refractivity contribution in [3.63, 3.8) is 0 Å². The van der Waals surface area contributed by atoms with Crippen LogP contribution in [0.5, 0.6) is 5.75 Å². The summed E-state index contributed by atoms with van der Waals surface area (Å²) < 4.78 is 6.42. The minimum absolute atomic E-state index is 0.00549. The molecule has 0 N–H and O–H groups in total. The number of hydrogen-bond donors (Lipinski definition) is 0. The Morgan fingerprint density at radius 2 is 1.94 bits per heavy atom. The van der Waals surface area contributed by atoms with E-state index in [0.29, 0.717) is 0 Å². The van der Waals surface area contributed by atoms with Crippen LogP contribution in [0.15, 0.2) is 24.3 Å². The van der Waals surface area contributed by atoms with E-state index in [0.717, 1.165) is 37.4 Å². The van der Waals surface area contributed by atoms with Gasteiger partial charge < -0.3 is 4.74 Å². The standard InChI is InChI=1S/C16H21ClO/c1-12-6-8-16(9-7-12)11-14(17)10-13-4-2-3-5-15(13)18-16/h2-5,12,14H,6-11H2,1H3. The molecule has 2 aliphatic rings. The summed E-state index contributed by atoms with van der Waals surface area (Å²) in [6, 6.07) is 8.39. The molecular weight excluding hydrogens is 244 g/mol. The van der Waals surface area contributed by atoms with E-state index in [4.69, 9.17) is 16.3 Å². The Bertz CT molecular complexity index is 421. The number of rotatable bonds is 0. The van der Waals surface area contributed by atoms with Gasteiger partial charge in [0, 0.05) is 11.8 Å². The first-order valence-electron chi connectivity index (χ1n) is 7.08. The molecule has 1 atom stereocenters. The van der Waals surface area contributed by atoms with Crippen LogP contribution in [0.3, 0.4) is 0 Å². The van der Waals surface area contributed by atoms with Crippen LogP contribution in [0, 0.1) is 5.92 Å². The van der Waals surface area contributed by atoms with Crippen LogP contribution in [0.25, 0.3) is 0 Å². The number of para-hydroxylation sites is 1. The summed E-state index contributed by atoms with van der Waals surface area (Å²) in [6.07, 6.45) is 6.79. The van der Waals surface area contributed by atoms with Crippen molar-refractivity contribution in [1.82, 2.24) is 0 Å². The highest BCUT2D eigenvalue weighted by molar-refractivity contribution is 6.20. The lowest BCUT2D eigenvalue weighted by Gasteiger charge is -2.39. The summed E-state index contributed by atoms with van der Waals surface area (Å²) in [5, 5.41) is 0.210. The minimum Gasteiger partial charge on any atom is -0.487 e. The Morgan fingerprint density at radius 1 is 1.22 bits per heavy atom. The van der Waals surface area contributed by atoms with Gasteiger partial charge in [0.1, 0.15) is 11.4 Å². The van der Waals surface area contributed by atoms with Gasteiger partial charge in [0.2, 0.25) is 0 Å². The first-order chi connectivity index (χ1) is 8.67. The zero-order chi connectivity index (χ0) is 12.6. The molecule has 18 heavy (non-hydrogen) atoms. The van der Waals surface area contributed by atoms with Gasteiger partial charge in [-0.3, -0.25) is 0 Å². The monoisotopic (exact) mass is 264 g/mol. The maximum Gasteiger partial charge on any atom is 0.123 e. The van der Waals surface area contributed by atoms with Gasteiger partial charge in [-0.1, -0.05) is 25.1 Å². The normalized spacial score (nSPS) is 35.7. The highest BCUT2D eigenvalue weighted by Gasteiger charge is 2.40. The third-order valence-electron chi connectivity index (χ3n) is 4.52. The van der Waals surface area contributed by atoms with Crippen molar-refractivity contribution in [2.75, 3.05) is 0 Å². The molecule has 1 nitrogen and oxygen atoms in total. The van der Waals surface area contributed by atoms with Gasteiger partial charge in [-0.2, -0.15) is 0 Å². The molecule has 1 aliphatic carbocycles. The molecule has 0 saturated heterocycles. The zero-order valence-electron chi connectivity index (χ0n) is 11.0. The van der Waals surface area contributed by atoms with Gasteiger partial charge in [-0.25, -0.2) is 0 Å². The predicted octanol–water partition coefficient (Wildman–Crippen LogP) is 4.57. The molecule has 0 radical (unpaired) electrons. The van der Waals surface area contributed by atoms with Gasteiger partial charge in [0.15, 0.2) is 0 Å². The molecule has 2 heteroatoms. The fourth-order valence-corrected chi connectivity index (χ4v) is 3.80. The fourth-order valence-electron chi connectivity index (χ4n) is 3.36. The summed E-state index contributed by atoms with van der Waals surface area (Å²) in [7, 11) is 0. The summed E-state index contributed by atoms with van der Waals surface area (Å²) >= 11 is 6.53. The zero-order valence-corrected chi connectivity index (χ0v) is 11.7. The lowest BCUT2D eigenvalue weighted by Crippen LogP contribution is -2.41. The highest BCUT2D eigenvalue weighted by atomic mass is 35.5. The molecule has 98 valence electrons. The van der Waals surface area contributed by atoms with Gasteiger partial charge >= 0.3 is 0 Å². The van der Waals surface area contributed by atoms with E-state index in [1.54, 1.807) is 0 Å². The third kappa shape index (κ3) is 2.38. The predicted molar refractivity (Wildman–Crippen MR) is 75.4 cm³/mol. The molecule has 1 spiro atoms. The maximum atomic E-state index is 6.53. The molecular formula is C16H21ClO.